The number of anilines is 1. The van der Waals surface area contributed by atoms with Crippen LogP contribution in [0.2, 0.25) is 5.02 Å². The number of aryl methyl sites for hydroxylation is 1. The van der Waals surface area contributed by atoms with Gasteiger partial charge in [-0.2, -0.15) is 0 Å². The number of halogens is 1. The molecule has 112 valence electrons. The largest absolute Gasteiger partial charge is 0.398 e. The second-order valence-electron chi connectivity index (χ2n) is 4.77. The zero-order valence-electron chi connectivity index (χ0n) is 11.6. The van der Waals surface area contributed by atoms with Crippen LogP contribution in [-0.2, 0) is 16.4 Å². The van der Waals surface area contributed by atoms with E-state index in [2.05, 4.69) is 4.72 Å². The van der Waals surface area contributed by atoms with Crippen LogP contribution < -0.4 is 10.5 Å². The minimum absolute atomic E-state index is 0.149. The van der Waals surface area contributed by atoms with Crippen LogP contribution in [0.25, 0.3) is 0 Å². The van der Waals surface area contributed by atoms with Gasteiger partial charge >= 0.3 is 0 Å². The van der Waals surface area contributed by atoms with Gasteiger partial charge in [0.1, 0.15) is 4.90 Å². The molecule has 0 bridgehead atoms. The molecule has 0 aliphatic carbocycles. The monoisotopic (exact) mass is 324 g/mol. The van der Waals surface area contributed by atoms with Crippen LogP contribution in [0.3, 0.4) is 0 Å². The summed E-state index contributed by atoms with van der Waals surface area (Å²) in [7, 11) is -3.61. The molecule has 2 aromatic rings. The number of rotatable bonds is 5. The molecule has 4 nitrogen and oxygen atoms in total. The van der Waals surface area contributed by atoms with Gasteiger partial charge in [-0.15, -0.1) is 0 Å². The SMILES string of the molecule is Cc1cccc(N)c1S(=O)(=O)NCCc1cccc(Cl)c1. The molecule has 2 aromatic carbocycles. The molecule has 0 spiro atoms. The lowest BCUT2D eigenvalue weighted by atomic mass is 10.2. The summed E-state index contributed by atoms with van der Waals surface area (Å²) in [6.45, 7) is 2.01. The third-order valence-electron chi connectivity index (χ3n) is 3.11. The molecule has 0 aliphatic heterocycles. The second-order valence-corrected chi connectivity index (χ2v) is 6.91. The zero-order valence-corrected chi connectivity index (χ0v) is 13.2. The van der Waals surface area contributed by atoms with E-state index in [0.717, 1.165) is 5.56 Å². The van der Waals surface area contributed by atoms with Crippen molar-refractivity contribution in [2.75, 3.05) is 12.3 Å². The van der Waals surface area contributed by atoms with E-state index in [1.807, 2.05) is 18.2 Å². The van der Waals surface area contributed by atoms with Crippen LogP contribution in [0.4, 0.5) is 5.69 Å². The zero-order chi connectivity index (χ0) is 15.5. The van der Waals surface area contributed by atoms with Gasteiger partial charge < -0.3 is 5.73 Å². The van der Waals surface area contributed by atoms with Crippen molar-refractivity contribution in [1.29, 1.82) is 0 Å². The van der Waals surface area contributed by atoms with Gasteiger partial charge in [0.05, 0.1) is 5.69 Å². The van der Waals surface area contributed by atoms with E-state index in [0.29, 0.717) is 17.0 Å². The van der Waals surface area contributed by atoms with Crippen molar-refractivity contribution in [3.63, 3.8) is 0 Å². The number of nitrogen functional groups attached to an aromatic ring is 1. The number of sulfonamides is 1. The maximum absolute atomic E-state index is 12.3. The van der Waals surface area contributed by atoms with Crippen LogP contribution in [0.5, 0.6) is 0 Å². The van der Waals surface area contributed by atoms with Gasteiger partial charge in [0.15, 0.2) is 0 Å². The van der Waals surface area contributed by atoms with Gasteiger partial charge in [-0.1, -0.05) is 35.9 Å². The van der Waals surface area contributed by atoms with E-state index < -0.39 is 10.0 Å². The highest BCUT2D eigenvalue weighted by Gasteiger charge is 2.19. The second kappa shape index (κ2) is 6.47. The minimum atomic E-state index is -3.61. The average molecular weight is 325 g/mol. The number of hydrogen-bond acceptors (Lipinski definition) is 3. The van der Waals surface area contributed by atoms with Gasteiger partial charge in [0.25, 0.3) is 0 Å². The molecule has 0 atom stereocenters. The number of nitrogens with one attached hydrogen (secondary N) is 1. The molecule has 0 heterocycles. The Morgan fingerprint density at radius 3 is 2.57 bits per heavy atom. The summed E-state index contributed by atoms with van der Waals surface area (Å²) >= 11 is 5.90. The predicted octanol–water partition coefficient (Wildman–Crippen LogP) is 2.75. The third kappa shape index (κ3) is 3.97. The molecular weight excluding hydrogens is 308 g/mol. The lowest BCUT2D eigenvalue weighted by Gasteiger charge is -2.11. The molecule has 0 amide bonds. The highest BCUT2D eigenvalue weighted by atomic mass is 35.5. The quantitative estimate of drug-likeness (QED) is 0.831. The Balaban J connectivity index is 2.09. The van der Waals surface area contributed by atoms with Crippen molar-refractivity contribution in [2.24, 2.45) is 0 Å². The minimum Gasteiger partial charge on any atom is -0.398 e. The molecule has 3 N–H and O–H groups in total. The fraction of sp³-hybridized carbons (Fsp3) is 0.200. The molecule has 0 saturated carbocycles. The topological polar surface area (TPSA) is 72.2 Å². The Kier molecular flexibility index (Phi) is 4.88. The highest BCUT2D eigenvalue weighted by molar-refractivity contribution is 7.89. The molecule has 0 unspecified atom stereocenters. The summed E-state index contributed by atoms with van der Waals surface area (Å²) in [5, 5.41) is 0.638. The summed E-state index contributed by atoms with van der Waals surface area (Å²) in [4.78, 5) is 0.149. The Morgan fingerprint density at radius 1 is 1.19 bits per heavy atom. The van der Waals surface area contributed by atoms with Crippen molar-refractivity contribution < 1.29 is 8.42 Å². The third-order valence-corrected chi connectivity index (χ3v) is 5.02. The normalized spacial score (nSPS) is 11.5. The van der Waals surface area contributed by atoms with Crippen LogP contribution >= 0.6 is 11.6 Å². The van der Waals surface area contributed by atoms with Crippen LogP contribution in [-0.4, -0.2) is 15.0 Å². The molecule has 0 radical (unpaired) electrons. The summed E-state index contributed by atoms with van der Waals surface area (Å²) in [5.41, 5.74) is 7.63. The Bertz CT molecular complexity index is 725. The van der Waals surface area contributed by atoms with E-state index in [4.69, 9.17) is 17.3 Å². The molecule has 0 fully saturated rings. The van der Waals surface area contributed by atoms with E-state index in [1.165, 1.54) is 0 Å². The molecule has 6 heteroatoms. The summed E-state index contributed by atoms with van der Waals surface area (Å²) in [5.74, 6) is 0. The van der Waals surface area contributed by atoms with Crippen molar-refractivity contribution in [3.05, 3.63) is 58.6 Å². The summed E-state index contributed by atoms with van der Waals surface area (Å²) < 4.78 is 27.2. The van der Waals surface area contributed by atoms with Crippen molar-refractivity contribution in [1.82, 2.24) is 4.72 Å². The fourth-order valence-electron chi connectivity index (χ4n) is 2.14. The van der Waals surface area contributed by atoms with E-state index in [1.54, 1.807) is 31.2 Å². The first-order chi connectivity index (χ1) is 9.90. The van der Waals surface area contributed by atoms with Crippen LogP contribution in [0.15, 0.2) is 47.4 Å². The van der Waals surface area contributed by atoms with Crippen LogP contribution in [0, 0.1) is 6.92 Å². The van der Waals surface area contributed by atoms with Gasteiger partial charge in [-0.05, 0) is 42.7 Å². The van der Waals surface area contributed by atoms with E-state index in [-0.39, 0.29) is 17.1 Å². The number of hydrogen-bond donors (Lipinski definition) is 2. The molecule has 21 heavy (non-hydrogen) atoms. The first-order valence-corrected chi connectivity index (χ1v) is 8.35. The molecule has 2 rings (SSSR count). The Morgan fingerprint density at radius 2 is 1.90 bits per heavy atom. The van der Waals surface area contributed by atoms with Gasteiger partial charge in [-0.25, -0.2) is 13.1 Å². The van der Waals surface area contributed by atoms with Crippen molar-refractivity contribution in [3.8, 4) is 0 Å². The predicted molar refractivity (Wildman–Crippen MR) is 85.9 cm³/mol. The fourth-order valence-corrected chi connectivity index (χ4v) is 3.73. The van der Waals surface area contributed by atoms with Gasteiger partial charge in [0.2, 0.25) is 10.0 Å². The lowest BCUT2D eigenvalue weighted by Crippen LogP contribution is -2.27. The molecule has 0 aromatic heterocycles. The Hall–Kier alpha value is -1.56. The smallest absolute Gasteiger partial charge is 0.242 e. The van der Waals surface area contributed by atoms with Crippen LogP contribution in [0.1, 0.15) is 11.1 Å². The number of nitrogens with two attached hydrogens (primary N) is 1. The first kappa shape index (κ1) is 15.8. The first-order valence-electron chi connectivity index (χ1n) is 6.49. The van der Waals surface area contributed by atoms with Crippen molar-refractivity contribution in [2.45, 2.75) is 18.2 Å². The van der Waals surface area contributed by atoms with E-state index >= 15 is 0 Å². The summed E-state index contributed by atoms with van der Waals surface area (Å²) in [6, 6.07) is 12.4. The standard InChI is InChI=1S/C15H17ClN2O2S/c1-11-4-2-7-14(17)15(11)21(19,20)18-9-8-12-5-3-6-13(16)10-12/h2-7,10,18H,8-9,17H2,1H3. The molecular formula is C15H17ClN2O2S. The molecule has 0 saturated heterocycles. The van der Waals surface area contributed by atoms with Gasteiger partial charge in [0, 0.05) is 11.6 Å². The number of benzene rings is 2. The highest BCUT2D eigenvalue weighted by Crippen LogP contribution is 2.21. The summed E-state index contributed by atoms with van der Waals surface area (Å²) in [6.07, 6.45) is 0.561. The van der Waals surface area contributed by atoms with Gasteiger partial charge in [-0.3, -0.25) is 0 Å². The maximum atomic E-state index is 12.3. The maximum Gasteiger partial charge on any atom is 0.242 e. The average Bonchev–Trinajstić information content (AvgIpc) is 2.38. The lowest BCUT2D eigenvalue weighted by molar-refractivity contribution is 0.581. The molecule has 0 aliphatic rings. The van der Waals surface area contributed by atoms with E-state index in [9.17, 15) is 8.42 Å². The Labute approximate surface area is 130 Å². The van der Waals surface area contributed by atoms with Crippen molar-refractivity contribution >= 4 is 27.3 Å².